The van der Waals surface area contributed by atoms with Crippen molar-refractivity contribution in [3.05, 3.63) is 29.8 Å². The molecule has 1 fully saturated rings. The van der Waals surface area contributed by atoms with Crippen LogP contribution in [-0.2, 0) is 14.8 Å². The Morgan fingerprint density at radius 2 is 1.81 bits per heavy atom. The Balaban J connectivity index is 1.91. The van der Waals surface area contributed by atoms with E-state index in [1.54, 1.807) is 0 Å². The first kappa shape index (κ1) is 20.4. The van der Waals surface area contributed by atoms with Crippen LogP contribution in [0.4, 0.5) is 0 Å². The molecule has 0 heterocycles. The highest BCUT2D eigenvalue weighted by Crippen LogP contribution is 2.23. The Labute approximate surface area is 155 Å². The van der Waals surface area contributed by atoms with E-state index >= 15 is 0 Å². The van der Waals surface area contributed by atoms with Gasteiger partial charge in [-0.05, 0) is 49.8 Å². The quantitative estimate of drug-likeness (QED) is 0.778. The minimum Gasteiger partial charge on any atom is -0.352 e. The molecule has 0 radical (unpaired) electrons. The Kier molecular flexibility index (Phi) is 6.77. The number of carbonyl (C=O) groups excluding carboxylic acids is 2. The van der Waals surface area contributed by atoms with Crippen LogP contribution in [0.2, 0.25) is 0 Å². The van der Waals surface area contributed by atoms with E-state index in [0.29, 0.717) is 5.92 Å². The molecule has 0 saturated heterocycles. The number of amides is 2. The van der Waals surface area contributed by atoms with E-state index < -0.39 is 15.9 Å². The predicted molar refractivity (Wildman–Crippen MR) is 99.2 cm³/mol. The maximum atomic E-state index is 12.2. The summed E-state index contributed by atoms with van der Waals surface area (Å²) in [5.74, 6) is -0.00299. The van der Waals surface area contributed by atoms with Crippen molar-refractivity contribution < 1.29 is 18.0 Å². The van der Waals surface area contributed by atoms with Gasteiger partial charge in [0.2, 0.25) is 15.9 Å². The number of hydrogen-bond donors (Lipinski definition) is 2. The third kappa shape index (κ3) is 5.28. The van der Waals surface area contributed by atoms with Crippen LogP contribution in [0.3, 0.4) is 0 Å². The third-order valence-corrected chi connectivity index (χ3v) is 6.48. The van der Waals surface area contributed by atoms with Crippen LogP contribution >= 0.6 is 0 Å². The van der Waals surface area contributed by atoms with Crippen LogP contribution in [0, 0.1) is 5.92 Å². The van der Waals surface area contributed by atoms with Crippen LogP contribution in [0.15, 0.2) is 29.2 Å². The summed E-state index contributed by atoms with van der Waals surface area (Å²) in [6, 6.07) is 5.94. The smallest absolute Gasteiger partial charge is 0.251 e. The van der Waals surface area contributed by atoms with Gasteiger partial charge in [0.05, 0.1) is 11.4 Å². The molecule has 0 spiro atoms. The molecule has 0 unspecified atom stereocenters. The van der Waals surface area contributed by atoms with Gasteiger partial charge in [-0.1, -0.05) is 13.0 Å². The van der Waals surface area contributed by atoms with Crippen molar-refractivity contribution in [3.63, 3.8) is 0 Å². The Morgan fingerprint density at radius 1 is 1.15 bits per heavy atom. The standard InChI is InChI=1S/C18H27N3O4S/c1-13-7-9-15(10-8-13)20-17(22)12-19-18(23)14-5-4-6-16(11-14)26(24,25)21(2)3/h4-6,11,13,15H,7-10,12H2,1-3H3,(H,19,23)(H,20,22). The fourth-order valence-electron chi connectivity index (χ4n) is 2.95. The average molecular weight is 381 g/mol. The van der Waals surface area contributed by atoms with E-state index in [-0.39, 0.29) is 29.0 Å². The van der Waals surface area contributed by atoms with Crippen LogP contribution in [0.25, 0.3) is 0 Å². The first-order valence-corrected chi connectivity index (χ1v) is 10.2. The predicted octanol–water partition coefficient (Wildman–Crippen LogP) is 1.36. The molecule has 1 aromatic carbocycles. The highest BCUT2D eigenvalue weighted by Gasteiger charge is 2.21. The van der Waals surface area contributed by atoms with Crippen LogP contribution in [0.5, 0.6) is 0 Å². The van der Waals surface area contributed by atoms with Crippen molar-refractivity contribution in [2.24, 2.45) is 5.92 Å². The van der Waals surface area contributed by atoms with Crippen LogP contribution in [0.1, 0.15) is 43.0 Å². The van der Waals surface area contributed by atoms with Crippen molar-refractivity contribution >= 4 is 21.8 Å². The zero-order valence-corrected chi connectivity index (χ0v) is 16.3. The third-order valence-electron chi connectivity index (χ3n) is 4.67. The average Bonchev–Trinajstić information content (AvgIpc) is 2.61. The van der Waals surface area contributed by atoms with Gasteiger partial charge in [-0.2, -0.15) is 0 Å². The molecule has 0 atom stereocenters. The minimum absolute atomic E-state index is 0.0379. The number of sulfonamides is 1. The van der Waals surface area contributed by atoms with Gasteiger partial charge in [0, 0.05) is 25.7 Å². The fraction of sp³-hybridized carbons (Fsp3) is 0.556. The Bertz CT molecular complexity index is 753. The van der Waals surface area contributed by atoms with Crippen LogP contribution in [-0.4, -0.2) is 51.2 Å². The number of benzene rings is 1. The van der Waals surface area contributed by atoms with E-state index in [1.807, 2.05) is 0 Å². The summed E-state index contributed by atoms with van der Waals surface area (Å²) in [7, 11) is -0.756. The molecule has 0 aliphatic heterocycles. The molecule has 8 heteroatoms. The molecule has 0 bridgehead atoms. The summed E-state index contributed by atoms with van der Waals surface area (Å²) in [4.78, 5) is 24.3. The summed E-state index contributed by atoms with van der Waals surface area (Å²) in [6.45, 7) is 2.08. The van der Waals surface area contributed by atoms with Crippen molar-refractivity contribution in [2.75, 3.05) is 20.6 Å². The van der Waals surface area contributed by atoms with Crippen LogP contribution < -0.4 is 10.6 Å². The highest BCUT2D eigenvalue weighted by molar-refractivity contribution is 7.89. The Morgan fingerprint density at radius 3 is 2.42 bits per heavy atom. The van der Waals surface area contributed by atoms with Gasteiger partial charge in [0.25, 0.3) is 5.91 Å². The zero-order chi connectivity index (χ0) is 19.3. The number of rotatable bonds is 6. The molecule has 1 aliphatic carbocycles. The van der Waals surface area contributed by atoms with Gasteiger partial charge in [-0.15, -0.1) is 0 Å². The molecule has 1 aromatic rings. The van der Waals surface area contributed by atoms with E-state index in [2.05, 4.69) is 17.6 Å². The van der Waals surface area contributed by atoms with Crippen molar-refractivity contribution in [1.29, 1.82) is 0 Å². The minimum atomic E-state index is -3.61. The van der Waals surface area contributed by atoms with E-state index in [0.717, 1.165) is 30.0 Å². The highest BCUT2D eigenvalue weighted by atomic mass is 32.2. The van der Waals surface area contributed by atoms with Gasteiger partial charge in [0.15, 0.2) is 0 Å². The molecule has 0 aromatic heterocycles. The maximum Gasteiger partial charge on any atom is 0.251 e. The van der Waals surface area contributed by atoms with Gasteiger partial charge in [0.1, 0.15) is 0 Å². The molecule has 26 heavy (non-hydrogen) atoms. The van der Waals surface area contributed by atoms with Gasteiger partial charge < -0.3 is 10.6 Å². The lowest BCUT2D eigenvalue weighted by molar-refractivity contribution is -0.121. The molecule has 2 N–H and O–H groups in total. The Hall–Kier alpha value is -1.93. The SMILES string of the molecule is CC1CCC(NC(=O)CNC(=O)c2cccc(S(=O)(=O)N(C)C)c2)CC1. The van der Waals surface area contributed by atoms with Crippen molar-refractivity contribution in [1.82, 2.24) is 14.9 Å². The number of hydrogen-bond acceptors (Lipinski definition) is 4. The number of nitrogens with one attached hydrogen (secondary N) is 2. The van der Waals surface area contributed by atoms with Gasteiger partial charge in [-0.25, -0.2) is 12.7 Å². The molecule has 2 rings (SSSR count). The lowest BCUT2D eigenvalue weighted by Gasteiger charge is -2.26. The molecule has 144 valence electrons. The first-order valence-electron chi connectivity index (χ1n) is 8.80. The lowest BCUT2D eigenvalue weighted by Crippen LogP contribution is -2.43. The van der Waals surface area contributed by atoms with E-state index in [1.165, 1.54) is 38.4 Å². The topological polar surface area (TPSA) is 95.6 Å². The van der Waals surface area contributed by atoms with E-state index in [4.69, 9.17) is 0 Å². The summed E-state index contributed by atoms with van der Waals surface area (Å²) < 4.78 is 25.4. The first-order chi connectivity index (χ1) is 12.2. The van der Waals surface area contributed by atoms with Crippen molar-refractivity contribution in [3.8, 4) is 0 Å². The maximum absolute atomic E-state index is 12.2. The van der Waals surface area contributed by atoms with Gasteiger partial charge >= 0.3 is 0 Å². The molecule has 7 nitrogen and oxygen atoms in total. The molecule has 2 amide bonds. The molecular formula is C18H27N3O4S. The largest absolute Gasteiger partial charge is 0.352 e. The normalized spacial score (nSPS) is 20.6. The van der Waals surface area contributed by atoms with Crippen molar-refractivity contribution in [2.45, 2.75) is 43.5 Å². The molecule has 1 aliphatic rings. The van der Waals surface area contributed by atoms with Gasteiger partial charge in [-0.3, -0.25) is 9.59 Å². The monoisotopic (exact) mass is 381 g/mol. The zero-order valence-electron chi connectivity index (χ0n) is 15.5. The summed E-state index contributed by atoms with van der Waals surface area (Å²) in [5.41, 5.74) is 0.201. The number of carbonyl (C=O) groups is 2. The fourth-order valence-corrected chi connectivity index (χ4v) is 3.90. The summed E-state index contributed by atoms with van der Waals surface area (Å²) in [6.07, 6.45) is 4.13. The van der Waals surface area contributed by atoms with E-state index in [9.17, 15) is 18.0 Å². The summed E-state index contributed by atoms with van der Waals surface area (Å²) in [5, 5.41) is 5.49. The number of nitrogens with zero attached hydrogens (tertiary/aromatic N) is 1. The molecular weight excluding hydrogens is 354 g/mol. The second-order valence-electron chi connectivity index (χ2n) is 7.02. The lowest BCUT2D eigenvalue weighted by atomic mass is 9.87. The summed E-state index contributed by atoms with van der Waals surface area (Å²) >= 11 is 0. The second kappa shape index (κ2) is 8.64. The molecule has 1 saturated carbocycles. The second-order valence-corrected chi connectivity index (χ2v) is 9.17.